The number of ether oxygens (including phenoxy) is 2. The summed E-state index contributed by atoms with van der Waals surface area (Å²) in [6, 6.07) is 12.8. The highest BCUT2D eigenvalue weighted by molar-refractivity contribution is 6.02. The number of nitrogens with one attached hydrogen (secondary N) is 1. The smallest absolute Gasteiger partial charge is 0.221 e. The summed E-state index contributed by atoms with van der Waals surface area (Å²) in [5.41, 5.74) is 2.26. The molecule has 0 saturated carbocycles. The molecule has 0 spiro atoms. The van der Waals surface area contributed by atoms with Gasteiger partial charge in [0, 0.05) is 12.6 Å². The maximum Gasteiger partial charge on any atom is 0.221 e. The summed E-state index contributed by atoms with van der Waals surface area (Å²) in [6.07, 6.45) is 0.321. The molecule has 1 N–H and O–H groups in total. The number of amides is 1. The Kier molecular flexibility index (Phi) is 4.74. The van der Waals surface area contributed by atoms with Crippen LogP contribution in [0.25, 0.3) is 0 Å². The number of ketones is 1. The van der Waals surface area contributed by atoms with Crippen LogP contribution in [0.1, 0.15) is 29.8 Å². The lowest BCUT2D eigenvalue weighted by Gasteiger charge is -2.30. The molecule has 0 radical (unpaired) electrons. The number of hydrogen-bond acceptors (Lipinski definition) is 4. The van der Waals surface area contributed by atoms with E-state index in [4.69, 9.17) is 9.47 Å². The third kappa shape index (κ3) is 3.65. The van der Waals surface area contributed by atoms with Crippen molar-refractivity contribution in [1.29, 1.82) is 0 Å². The number of hydrogen-bond donors (Lipinski definition) is 1. The molecule has 1 aliphatic rings. The van der Waals surface area contributed by atoms with Gasteiger partial charge in [-0.05, 0) is 49.2 Å². The van der Waals surface area contributed by atoms with E-state index in [0.717, 1.165) is 11.3 Å². The lowest BCUT2D eigenvalue weighted by Crippen LogP contribution is -2.37. The van der Waals surface area contributed by atoms with Crippen LogP contribution >= 0.6 is 0 Å². The quantitative estimate of drug-likeness (QED) is 0.926. The van der Waals surface area contributed by atoms with Gasteiger partial charge in [0.05, 0.1) is 18.6 Å². The average Bonchev–Trinajstić information content (AvgIpc) is 2.58. The predicted molar refractivity (Wildman–Crippen MR) is 95.4 cm³/mol. The van der Waals surface area contributed by atoms with E-state index in [2.05, 4.69) is 5.32 Å². The van der Waals surface area contributed by atoms with Crippen molar-refractivity contribution in [1.82, 2.24) is 0 Å². The van der Waals surface area contributed by atoms with E-state index < -0.39 is 0 Å². The molecule has 2 aromatic rings. The van der Waals surface area contributed by atoms with Crippen molar-refractivity contribution < 1.29 is 19.1 Å². The van der Waals surface area contributed by atoms with Gasteiger partial charge in [-0.25, -0.2) is 0 Å². The second-order valence-corrected chi connectivity index (χ2v) is 6.24. The third-order valence-electron chi connectivity index (χ3n) is 4.37. The SMILES string of the molecule is COc1ccc2c(c1)C(=O)[C@H](Cc1cccc(NC(C)=O)c1)[C@H](C)O2. The van der Waals surface area contributed by atoms with Crippen molar-refractivity contribution in [2.45, 2.75) is 26.4 Å². The first-order valence-electron chi connectivity index (χ1n) is 8.23. The molecule has 0 unspecified atom stereocenters. The molecule has 2 aromatic carbocycles. The first kappa shape index (κ1) is 17.0. The Labute approximate surface area is 147 Å². The molecule has 0 saturated heterocycles. The van der Waals surface area contributed by atoms with Crippen LogP contribution < -0.4 is 14.8 Å². The van der Waals surface area contributed by atoms with Gasteiger partial charge in [-0.2, -0.15) is 0 Å². The van der Waals surface area contributed by atoms with Crippen molar-refractivity contribution in [2.24, 2.45) is 5.92 Å². The van der Waals surface area contributed by atoms with Crippen LogP contribution in [-0.4, -0.2) is 24.9 Å². The molecule has 1 heterocycles. The number of anilines is 1. The molecule has 2 atom stereocenters. The van der Waals surface area contributed by atoms with Crippen molar-refractivity contribution >= 4 is 17.4 Å². The van der Waals surface area contributed by atoms with Crippen LogP contribution in [0.2, 0.25) is 0 Å². The zero-order chi connectivity index (χ0) is 18.0. The van der Waals surface area contributed by atoms with E-state index in [1.54, 1.807) is 25.3 Å². The van der Waals surface area contributed by atoms with E-state index >= 15 is 0 Å². The highest BCUT2D eigenvalue weighted by Gasteiger charge is 2.34. The molecule has 5 heteroatoms. The molecule has 25 heavy (non-hydrogen) atoms. The minimum atomic E-state index is -0.285. The highest BCUT2D eigenvalue weighted by atomic mass is 16.5. The van der Waals surface area contributed by atoms with E-state index in [-0.39, 0.29) is 23.7 Å². The summed E-state index contributed by atoms with van der Waals surface area (Å²) in [4.78, 5) is 24.2. The van der Waals surface area contributed by atoms with Gasteiger partial charge in [0.25, 0.3) is 0 Å². The Hall–Kier alpha value is -2.82. The van der Waals surface area contributed by atoms with Gasteiger partial charge in [-0.15, -0.1) is 0 Å². The van der Waals surface area contributed by atoms with E-state index in [1.165, 1.54) is 6.92 Å². The predicted octanol–water partition coefficient (Wildman–Crippen LogP) is 3.48. The summed E-state index contributed by atoms with van der Waals surface area (Å²) in [5, 5.41) is 2.76. The van der Waals surface area contributed by atoms with Gasteiger partial charge in [-0.3, -0.25) is 9.59 Å². The average molecular weight is 339 g/mol. The summed E-state index contributed by atoms with van der Waals surface area (Å²) in [5.74, 6) is 0.881. The summed E-state index contributed by atoms with van der Waals surface area (Å²) in [7, 11) is 1.57. The van der Waals surface area contributed by atoms with E-state index in [0.29, 0.717) is 23.5 Å². The first-order chi connectivity index (χ1) is 12.0. The Morgan fingerprint density at radius 1 is 1.24 bits per heavy atom. The Morgan fingerprint density at radius 2 is 2.04 bits per heavy atom. The number of benzene rings is 2. The summed E-state index contributed by atoms with van der Waals surface area (Å²) < 4.78 is 11.1. The van der Waals surface area contributed by atoms with Gasteiger partial charge in [0.2, 0.25) is 5.91 Å². The van der Waals surface area contributed by atoms with E-state index in [1.807, 2.05) is 31.2 Å². The van der Waals surface area contributed by atoms with Crippen LogP contribution in [0.15, 0.2) is 42.5 Å². The molecule has 130 valence electrons. The number of carbonyl (C=O) groups is 2. The maximum absolute atomic E-state index is 13.0. The molecule has 0 bridgehead atoms. The van der Waals surface area contributed by atoms with Gasteiger partial charge in [0.15, 0.2) is 5.78 Å². The maximum atomic E-state index is 13.0. The summed E-state index contributed by atoms with van der Waals surface area (Å²) in [6.45, 7) is 3.38. The van der Waals surface area contributed by atoms with Crippen LogP contribution in [0.3, 0.4) is 0 Å². The fourth-order valence-electron chi connectivity index (χ4n) is 3.12. The topological polar surface area (TPSA) is 64.6 Å². The lowest BCUT2D eigenvalue weighted by molar-refractivity contribution is -0.114. The van der Waals surface area contributed by atoms with Crippen LogP contribution in [0.4, 0.5) is 5.69 Å². The normalized spacial score (nSPS) is 18.9. The largest absolute Gasteiger partial charge is 0.497 e. The molecular formula is C20H21NO4. The number of fused-ring (bicyclic) bond motifs is 1. The molecule has 0 fully saturated rings. The highest BCUT2D eigenvalue weighted by Crippen LogP contribution is 2.35. The lowest BCUT2D eigenvalue weighted by atomic mass is 9.85. The minimum absolute atomic E-state index is 0.0533. The molecule has 1 amide bonds. The zero-order valence-corrected chi connectivity index (χ0v) is 14.5. The number of Topliss-reactive ketones (excluding diaryl/α,β-unsaturated/α-hetero) is 1. The molecule has 3 rings (SSSR count). The summed E-state index contributed by atoms with van der Waals surface area (Å²) >= 11 is 0. The fourth-order valence-corrected chi connectivity index (χ4v) is 3.12. The monoisotopic (exact) mass is 339 g/mol. The van der Waals surface area contributed by atoms with Gasteiger partial charge < -0.3 is 14.8 Å². The Morgan fingerprint density at radius 3 is 2.76 bits per heavy atom. The van der Waals surface area contributed by atoms with Crippen LogP contribution in [0, 0.1) is 5.92 Å². The van der Waals surface area contributed by atoms with Crippen molar-refractivity contribution in [2.75, 3.05) is 12.4 Å². The number of carbonyl (C=O) groups excluding carboxylic acids is 2. The molecule has 0 aromatic heterocycles. The number of methoxy groups -OCH3 is 1. The molecule has 1 aliphatic heterocycles. The molecule has 5 nitrogen and oxygen atoms in total. The van der Waals surface area contributed by atoms with E-state index in [9.17, 15) is 9.59 Å². The number of rotatable bonds is 4. The standard InChI is InChI=1S/C20H21NO4/c1-12-17(10-14-5-4-6-15(9-14)21-13(2)22)20(23)18-11-16(24-3)7-8-19(18)25-12/h4-9,11-12,17H,10H2,1-3H3,(H,21,22)/t12-,17+/m0/s1. The molecular weight excluding hydrogens is 318 g/mol. The van der Waals surface area contributed by atoms with Gasteiger partial charge in [-0.1, -0.05) is 12.1 Å². The fraction of sp³-hybridized carbons (Fsp3) is 0.300. The third-order valence-corrected chi connectivity index (χ3v) is 4.37. The second kappa shape index (κ2) is 6.97. The van der Waals surface area contributed by atoms with Gasteiger partial charge in [0.1, 0.15) is 17.6 Å². The van der Waals surface area contributed by atoms with Crippen molar-refractivity contribution in [3.63, 3.8) is 0 Å². The van der Waals surface area contributed by atoms with Crippen molar-refractivity contribution in [3.05, 3.63) is 53.6 Å². The molecule has 0 aliphatic carbocycles. The van der Waals surface area contributed by atoms with Crippen LogP contribution in [-0.2, 0) is 11.2 Å². The zero-order valence-electron chi connectivity index (χ0n) is 14.5. The van der Waals surface area contributed by atoms with Gasteiger partial charge >= 0.3 is 0 Å². The minimum Gasteiger partial charge on any atom is -0.497 e. The Balaban J connectivity index is 1.85. The first-order valence-corrected chi connectivity index (χ1v) is 8.23. The Bertz CT molecular complexity index is 815. The van der Waals surface area contributed by atoms with Crippen LogP contribution in [0.5, 0.6) is 11.5 Å². The second-order valence-electron chi connectivity index (χ2n) is 6.24. The van der Waals surface area contributed by atoms with Crippen molar-refractivity contribution in [3.8, 4) is 11.5 Å².